The maximum Gasteiger partial charge on any atom is 0.242 e. The summed E-state index contributed by atoms with van der Waals surface area (Å²) in [4.78, 5) is 2.59. The number of anilines is 1. The molecule has 1 atom stereocenters. The Bertz CT molecular complexity index is 557. The van der Waals surface area contributed by atoms with E-state index in [9.17, 15) is 8.42 Å². The Labute approximate surface area is 128 Å². The molecule has 1 aromatic rings. The van der Waals surface area contributed by atoms with Crippen molar-refractivity contribution in [2.45, 2.75) is 30.7 Å². The molecule has 0 spiro atoms. The SMILES string of the molecule is CCNc1ccc(S(=O)(=O)N(C)CC2CCCN2C)cc1. The molecule has 2 rings (SSSR count). The van der Waals surface area contributed by atoms with Gasteiger partial charge in [0.05, 0.1) is 4.90 Å². The first-order valence-corrected chi connectivity index (χ1v) is 8.89. The van der Waals surface area contributed by atoms with Crippen LogP contribution in [0.1, 0.15) is 19.8 Å². The van der Waals surface area contributed by atoms with E-state index < -0.39 is 10.0 Å². The predicted molar refractivity (Wildman–Crippen MR) is 86.1 cm³/mol. The van der Waals surface area contributed by atoms with E-state index >= 15 is 0 Å². The van der Waals surface area contributed by atoms with Crippen molar-refractivity contribution in [3.63, 3.8) is 0 Å². The summed E-state index contributed by atoms with van der Waals surface area (Å²) in [5, 5.41) is 3.16. The number of likely N-dealkylation sites (N-methyl/N-ethyl adjacent to an activating group) is 2. The van der Waals surface area contributed by atoms with Crippen molar-refractivity contribution in [3.8, 4) is 0 Å². The van der Waals surface area contributed by atoms with Crippen LogP contribution in [0.4, 0.5) is 5.69 Å². The Hall–Kier alpha value is -1.11. The van der Waals surface area contributed by atoms with Gasteiger partial charge < -0.3 is 10.2 Å². The molecule has 0 aromatic heterocycles. The van der Waals surface area contributed by atoms with E-state index in [0.717, 1.165) is 31.6 Å². The summed E-state index contributed by atoms with van der Waals surface area (Å²) < 4.78 is 26.6. The molecule has 1 aliphatic heterocycles. The van der Waals surface area contributed by atoms with E-state index in [1.54, 1.807) is 19.2 Å². The van der Waals surface area contributed by atoms with Crippen molar-refractivity contribution in [3.05, 3.63) is 24.3 Å². The molecule has 5 nitrogen and oxygen atoms in total. The first-order valence-electron chi connectivity index (χ1n) is 7.45. The van der Waals surface area contributed by atoms with Crippen molar-refractivity contribution in [2.24, 2.45) is 0 Å². The van der Waals surface area contributed by atoms with E-state index in [2.05, 4.69) is 17.3 Å². The first-order chi connectivity index (χ1) is 9.95. The third kappa shape index (κ3) is 3.75. The molecule has 0 amide bonds. The molecular weight excluding hydrogens is 286 g/mol. The molecule has 6 heteroatoms. The highest BCUT2D eigenvalue weighted by molar-refractivity contribution is 7.89. The van der Waals surface area contributed by atoms with E-state index in [1.165, 1.54) is 4.31 Å². The van der Waals surface area contributed by atoms with E-state index in [1.807, 2.05) is 19.1 Å². The number of likely N-dealkylation sites (tertiary alicyclic amines) is 1. The molecule has 1 heterocycles. The minimum absolute atomic E-state index is 0.325. The van der Waals surface area contributed by atoms with Gasteiger partial charge in [-0.05, 0) is 57.6 Å². The second kappa shape index (κ2) is 6.77. The lowest BCUT2D eigenvalue weighted by atomic mass is 10.2. The number of hydrogen-bond acceptors (Lipinski definition) is 4. The maximum atomic E-state index is 12.6. The zero-order valence-electron chi connectivity index (χ0n) is 13.0. The van der Waals surface area contributed by atoms with Crippen LogP contribution in [0, 0.1) is 0 Å². The van der Waals surface area contributed by atoms with Crippen LogP contribution in [0.15, 0.2) is 29.2 Å². The van der Waals surface area contributed by atoms with Crippen molar-refractivity contribution in [2.75, 3.05) is 39.0 Å². The first kappa shape index (κ1) is 16.3. The summed E-state index contributed by atoms with van der Waals surface area (Å²) >= 11 is 0. The van der Waals surface area contributed by atoms with Crippen molar-refractivity contribution < 1.29 is 8.42 Å². The topological polar surface area (TPSA) is 52.7 Å². The number of sulfonamides is 1. The Kier molecular flexibility index (Phi) is 5.24. The lowest BCUT2D eigenvalue weighted by molar-refractivity contribution is 0.271. The lowest BCUT2D eigenvalue weighted by Gasteiger charge is -2.25. The average Bonchev–Trinajstić information content (AvgIpc) is 2.85. The molecule has 21 heavy (non-hydrogen) atoms. The van der Waals surface area contributed by atoms with Crippen LogP contribution in [-0.4, -0.2) is 57.4 Å². The van der Waals surface area contributed by atoms with Gasteiger partial charge >= 0.3 is 0 Å². The molecule has 0 bridgehead atoms. The van der Waals surface area contributed by atoms with E-state index in [-0.39, 0.29) is 0 Å². The normalized spacial score (nSPS) is 20.1. The zero-order valence-corrected chi connectivity index (χ0v) is 13.9. The highest BCUT2D eigenvalue weighted by Gasteiger charge is 2.27. The zero-order chi connectivity index (χ0) is 15.5. The predicted octanol–water partition coefficient (Wildman–Crippen LogP) is 1.83. The molecule has 1 N–H and O–H groups in total. The quantitative estimate of drug-likeness (QED) is 0.871. The minimum atomic E-state index is -3.40. The number of rotatable bonds is 6. The monoisotopic (exact) mass is 311 g/mol. The van der Waals surface area contributed by atoms with Gasteiger partial charge in [0.2, 0.25) is 10.0 Å². The fourth-order valence-electron chi connectivity index (χ4n) is 2.73. The van der Waals surface area contributed by atoms with Crippen LogP contribution in [0.3, 0.4) is 0 Å². The molecule has 0 radical (unpaired) electrons. The number of nitrogens with one attached hydrogen (secondary N) is 1. The second-order valence-electron chi connectivity index (χ2n) is 5.62. The third-order valence-electron chi connectivity index (χ3n) is 4.08. The van der Waals surface area contributed by atoms with Gasteiger partial charge in [-0.2, -0.15) is 4.31 Å². The summed E-state index contributed by atoms with van der Waals surface area (Å²) in [5.74, 6) is 0. The largest absolute Gasteiger partial charge is 0.385 e. The fourth-order valence-corrected chi connectivity index (χ4v) is 3.94. The molecule has 1 aromatic carbocycles. The highest BCUT2D eigenvalue weighted by Crippen LogP contribution is 2.21. The van der Waals surface area contributed by atoms with Crippen LogP contribution in [0.2, 0.25) is 0 Å². The summed E-state index contributed by atoms with van der Waals surface area (Å²) in [6.07, 6.45) is 2.21. The van der Waals surface area contributed by atoms with Gasteiger partial charge in [-0.1, -0.05) is 0 Å². The molecule has 1 fully saturated rings. The lowest BCUT2D eigenvalue weighted by Crippen LogP contribution is -2.39. The van der Waals surface area contributed by atoms with Crippen LogP contribution >= 0.6 is 0 Å². The Balaban J connectivity index is 2.09. The maximum absolute atomic E-state index is 12.6. The van der Waals surface area contributed by atoms with Crippen molar-refractivity contribution >= 4 is 15.7 Å². The van der Waals surface area contributed by atoms with Gasteiger partial charge in [-0.3, -0.25) is 0 Å². The van der Waals surface area contributed by atoms with Gasteiger partial charge in [-0.25, -0.2) is 8.42 Å². The van der Waals surface area contributed by atoms with Crippen molar-refractivity contribution in [1.82, 2.24) is 9.21 Å². The Morgan fingerprint density at radius 3 is 2.52 bits per heavy atom. The Morgan fingerprint density at radius 1 is 1.33 bits per heavy atom. The summed E-state index contributed by atoms with van der Waals surface area (Å²) in [7, 11) is 0.323. The van der Waals surface area contributed by atoms with Gasteiger partial charge in [-0.15, -0.1) is 0 Å². The van der Waals surface area contributed by atoms with Gasteiger partial charge in [0.1, 0.15) is 0 Å². The Morgan fingerprint density at radius 2 is 2.00 bits per heavy atom. The van der Waals surface area contributed by atoms with Crippen LogP contribution in [-0.2, 0) is 10.0 Å². The van der Waals surface area contributed by atoms with Gasteiger partial charge in [0.25, 0.3) is 0 Å². The molecule has 0 saturated carbocycles. The number of benzene rings is 1. The smallest absolute Gasteiger partial charge is 0.242 e. The van der Waals surface area contributed by atoms with Gasteiger partial charge in [0, 0.05) is 31.9 Å². The minimum Gasteiger partial charge on any atom is -0.385 e. The number of nitrogens with zero attached hydrogens (tertiary/aromatic N) is 2. The average molecular weight is 311 g/mol. The van der Waals surface area contributed by atoms with Crippen LogP contribution in [0.25, 0.3) is 0 Å². The highest BCUT2D eigenvalue weighted by atomic mass is 32.2. The fraction of sp³-hybridized carbons (Fsp3) is 0.600. The standard InChI is InChI=1S/C15H25N3O2S/c1-4-16-13-7-9-15(10-8-13)21(19,20)18(3)12-14-6-5-11-17(14)2/h7-10,14,16H,4-6,11-12H2,1-3H3. The molecule has 0 aliphatic carbocycles. The molecule has 1 saturated heterocycles. The summed E-state index contributed by atoms with van der Waals surface area (Å²) in [6.45, 7) is 4.43. The third-order valence-corrected chi connectivity index (χ3v) is 5.92. The van der Waals surface area contributed by atoms with Crippen LogP contribution in [0.5, 0.6) is 0 Å². The second-order valence-corrected chi connectivity index (χ2v) is 7.66. The molecular formula is C15H25N3O2S. The molecule has 118 valence electrons. The van der Waals surface area contributed by atoms with Crippen molar-refractivity contribution in [1.29, 1.82) is 0 Å². The molecule has 1 aliphatic rings. The van der Waals surface area contributed by atoms with Crippen LogP contribution < -0.4 is 5.32 Å². The van der Waals surface area contributed by atoms with E-state index in [0.29, 0.717) is 17.5 Å². The van der Waals surface area contributed by atoms with E-state index in [4.69, 9.17) is 0 Å². The number of hydrogen-bond donors (Lipinski definition) is 1. The summed E-state index contributed by atoms with van der Waals surface area (Å²) in [5.41, 5.74) is 0.939. The molecule has 1 unspecified atom stereocenters. The van der Waals surface area contributed by atoms with Gasteiger partial charge in [0.15, 0.2) is 0 Å². The summed E-state index contributed by atoms with van der Waals surface area (Å²) in [6, 6.07) is 7.29.